The molecule has 1 aromatic heterocycles. The summed E-state index contributed by atoms with van der Waals surface area (Å²) in [5.41, 5.74) is 2.70. The third kappa shape index (κ3) is 3.51. The van der Waals surface area contributed by atoms with Crippen LogP contribution in [0.25, 0.3) is 11.4 Å². The van der Waals surface area contributed by atoms with Gasteiger partial charge < -0.3 is 10.0 Å². The van der Waals surface area contributed by atoms with Gasteiger partial charge in [0.05, 0.1) is 6.10 Å². The van der Waals surface area contributed by atoms with Crippen LogP contribution in [0.15, 0.2) is 36.5 Å². The van der Waals surface area contributed by atoms with Gasteiger partial charge in [0.15, 0.2) is 5.82 Å². The van der Waals surface area contributed by atoms with Crippen molar-refractivity contribution in [1.82, 2.24) is 14.9 Å². The van der Waals surface area contributed by atoms with E-state index in [1.54, 1.807) is 6.20 Å². The highest BCUT2D eigenvalue weighted by Gasteiger charge is 2.18. The highest BCUT2D eigenvalue weighted by atomic mass is 16.3. The molecule has 1 aromatic carbocycles. The van der Waals surface area contributed by atoms with E-state index in [0.29, 0.717) is 12.4 Å². The molecule has 1 unspecified atom stereocenters. The van der Waals surface area contributed by atoms with Crippen molar-refractivity contribution in [2.24, 2.45) is 0 Å². The van der Waals surface area contributed by atoms with Crippen molar-refractivity contribution in [2.75, 3.05) is 19.6 Å². The Labute approximate surface area is 131 Å². The molecule has 1 saturated heterocycles. The first kappa shape index (κ1) is 15.1. The van der Waals surface area contributed by atoms with Crippen LogP contribution >= 0.6 is 0 Å². The van der Waals surface area contributed by atoms with Gasteiger partial charge in [0, 0.05) is 29.6 Å². The third-order valence-corrected chi connectivity index (χ3v) is 4.29. The molecular weight excluding hydrogens is 274 g/mol. The Morgan fingerprint density at radius 2 is 1.86 bits per heavy atom. The zero-order chi connectivity index (χ0) is 15.4. The van der Waals surface area contributed by atoms with Crippen LogP contribution in [0.3, 0.4) is 0 Å². The van der Waals surface area contributed by atoms with Gasteiger partial charge in [0.25, 0.3) is 0 Å². The monoisotopic (exact) mass is 297 g/mol. The van der Waals surface area contributed by atoms with Crippen molar-refractivity contribution in [3.05, 3.63) is 47.8 Å². The summed E-state index contributed by atoms with van der Waals surface area (Å²) in [6, 6.07) is 9.94. The fourth-order valence-electron chi connectivity index (χ4n) is 3.01. The van der Waals surface area contributed by atoms with Crippen LogP contribution < -0.4 is 0 Å². The molecule has 0 spiro atoms. The first-order valence-electron chi connectivity index (χ1n) is 8.03. The number of likely N-dealkylation sites (tertiary alicyclic amines) is 1. The molecule has 4 heteroatoms. The average molecular weight is 297 g/mol. The summed E-state index contributed by atoms with van der Waals surface area (Å²) in [4.78, 5) is 11.3. The standard InChI is InChI=1S/C18H23N3O/c1-14-16(17(22)13-21-10-6-3-7-11-21)12-19-18(20-14)15-8-4-2-5-9-15/h2,4-5,8-9,12,17,22H,3,6-7,10-11,13H2,1H3. The minimum Gasteiger partial charge on any atom is -0.387 e. The fraction of sp³-hybridized carbons (Fsp3) is 0.444. The normalized spacial score (nSPS) is 17.4. The van der Waals surface area contributed by atoms with Crippen molar-refractivity contribution < 1.29 is 5.11 Å². The molecule has 1 aliphatic rings. The molecule has 0 radical (unpaired) electrons. The SMILES string of the molecule is Cc1nc(-c2ccccc2)ncc1C(O)CN1CCCCC1. The Hall–Kier alpha value is -1.78. The van der Waals surface area contributed by atoms with Crippen LogP contribution in [-0.4, -0.2) is 39.6 Å². The molecule has 0 saturated carbocycles. The van der Waals surface area contributed by atoms with Gasteiger partial charge in [-0.05, 0) is 32.9 Å². The van der Waals surface area contributed by atoms with Crippen LogP contribution in [-0.2, 0) is 0 Å². The minimum atomic E-state index is -0.511. The van der Waals surface area contributed by atoms with E-state index in [4.69, 9.17) is 0 Å². The molecule has 1 aliphatic heterocycles. The molecule has 2 heterocycles. The van der Waals surface area contributed by atoms with Crippen molar-refractivity contribution in [3.63, 3.8) is 0 Å². The fourth-order valence-corrected chi connectivity index (χ4v) is 3.01. The first-order valence-corrected chi connectivity index (χ1v) is 8.03. The summed E-state index contributed by atoms with van der Waals surface area (Å²) in [6.07, 6.45) is 5.03. The molecular formula is C18H23N3O. The molecule has 4 nitrogen and oxygen atoms in total. The molecule has 1 N–H and O–H groups in total. The Morgan fingerprint density at radius 1 is 1.14 bits per heavy atom. The summed E-state index contributed by atoms with van der Waals surface area (Å²) in [7, 11) is 0. The Bertz CT molecular complexity index is 609. The van der Waals surface area contributed by atoms with E-state index in [-0.39, 0.29) is 0 Å². The lowest BCUT2D eigenvalue weighted by Crippen LogP contribution is -2.33. The number of nitrogens with zero attached hydrogens (tertiary/aromatic N) is 3. The topological polar surface area (TPSA) is 49.3 Å². The number of β-amino-alcohol motifs (C(OH)–C–C–N with tert-alkyl or cyclic N) is 1. The molecule has 22 heavy (non-hydrogen) atoms. The molecule has 116 valence electrons. The highest BCUT2D eigenvalue weighted by Crippen LogP contribution is 2.21. The van der Waals surface area contributed by atoms with E-state index in [0.717, 1.165) is 29.9 Å². The van der Waals surface area contributed by atoms with E-state index < -0.39 is 6.10 Å². The number of benzene rings is 1. The maximum atomic E-state index is 10.5. The van der Waals surface area contributed by atoms with Crippen molar-refractivity contribution in [3.8, 4) is 11.4 Å². The Balaban J connectivity index is 1.74. The van der Waals surface area contributed by atoms with Gasteiger partial charge in [-0.25, -0.2) is 9.97 Å². The largest absolute Gasteiger partial charge is 0.387 e. The number of aliphatic hydroxyl groups excluding tert-OH is 1. The first-order chi connectivity index (χ1) is 10.7. The lowest BCUT2D eigenvalue weighted by atomic mass is 10.1. The zero-order valence-corrected chi connectivity index (χ0v) is 13.1. The van der Waals surface area contributed by atoms with Gasteiger partial charge in [-0.3, -0.25) is 0 Å². The number of rotatable bonds is 4. The molecule has 3 rings (SSSR count). The minimum absolute atomic E-state index is 0.511. The predicted octanol–water partition coefficient (Wildman–Crippen LogP) is 2.97. The van der Waals surface area contributed by atoms with E-state index in [1.807, 2.05) is 37.3 Å². The van der Waals surface area contributed by atoms with Crippen LogP contribution in [0.5, 0.6) is 0 Å². The van der Waals surface area contributed by atoms with Crippen LogP contribution in [0, 0.1) is 6.92 Å². The summed E-state index contributed by atoms with van der Waals surface area (Å²) in [5.74, 6) is 0.715. The second-order valence-electron chi connectivity index (χ2n) is 5.98. The average Bonchev–Trinajstić information content (AvgIpc) is 2.56. The van der Waals surface area contributed by atoms with Gasteiger partial charge >= 0.3 is 0 Å². The Kier molecular flexibility index (Phi) is 4.80. The van der Waals surface area contributed by atoms with Crippen LogP contribution in [0.2, 0.25) is 0 Å². The molecule has 2 aromatic rings. The molecule has 0 aliphatic carbocycles. The van der Waals surface area contributed by atoms with E-state index in [9.17, 15) is 5.11 Å². The van der Waals surface area contributed by atoms with E-state index in [2.05, 4.69) is 14.9 Å². The number of piperidine rings is 1. The zero-order valence-electron chi connectivity index (χ0n) is 13.1. The molecule has 1 atom stereocenters. The van der Waals surface area contributed by atoms with Gasteiger partial charge in [-0.15, -0.1) is 0 Å². The van der Waals surface area contributed by atoms with Crippen molar-refractivity contribution in [1.29, 1.82) is 0 Å². The van der Waals surface area contributed by atoms with E-state index in [1.165, 1.54) is 19.3 Å². The van der Waals surface area contributed by atoms with Crippen molar-refractivity contribution >= 4 is 0 Å². The molecule has 0 bridgehead atoms. The van der Waals surface area contributed by atoms with Crippen LogP contribution in [0.4, 0.5) is 0 Å². The van der Waals surface area contributed by atoms with Gasteiger partial charge in [-0.2, -0.15) is 0 Å². The van der Waals surface area contributed by atoms with Gasteiger partial charge in [0.2, 0.25) is 0 Å². The number of aryl methyl sites for hydroxylation is 1. The Morgan fingerprint density at radius 3 is 2.55 bits per heavy atom. The number of hydrogen-bond acceptors (Lipinski definition) is 4. The predicted molar refractivity (Wildman–Crippen MR) is 87.5 cm³/mol. The maximum absolute atomic E-state index is 10.5. The van der Waals surface area contributed by atoms with Gasteiger partial charge in [-0.1, -0.05) is 36.8 Å². The van der Waals surface area contributed by atoms with Gasteiger partial charge in [0.1, 0.15) is 0 Å². The van der Waals surface area contributed by atoms with Crippen LogP contribution in [0.1, 0.15) is 36.6 Å². The number of aromatic nitrogens is 2. The lowest BCUT2D eigenvalue weighted by molar-refractivity contribution is 0.100. The second-order valence-corrected chi connectivity index (χ2v) is 5.98. The summed E-state index contributed by atoms with van der Waals surface area (Å²) in [6.45, 7) is 4.79. The van der Waals surface area contributed by atoms with Crippen molar-refractivity contribution in [2.45, 2.75) is 32.3 Å². The maximum Gasteiger partial charge on any atom is 0.159 e. The smallest absolute Gasteiger partial charge is 0.159 e. The number of aliphatic hydroxyl groups is 1. The van der Waals surface area contributed by atoms with E-state index >= 15 is 0 Å². The summed E-state index contributed by atoms with van der Waals surface area (Å²) in [5, 5.41) is 10.5. The lowest BCUT2D eigenvalue weighted by Gasteiger charge is -2.28. The number of hydrogen-bond donors (Lipinski definition) is 1. The summed E-state index contributed by atoms with van der Waals surface area (Å²) < 4.78 is 0. The molecule has 1 fully saturated rings. The molecule has 0 amide bonds. The highest BCUT2D eigenvalue weighted by molar-refractivity contribution is 5.54. The second kappa shape index (κ2) is 6.99. The third-order valence-electron chi connectivity index (χ3n) is 4.29. The quantitative estimate of drug-likeness (QED) is 0.942. The summed E-state index contributed by atoms with van der Waals surface area (Å²) >= 11 is 0.